The van der Waals surface area contributed by atoms with Gasteiger partial charge < -0.3 is 5.32 Å². The van der Waals surface area contributed by atoms with Gasteiger partial charge in [0.25, 0.3) is 0 Å². The number of nitrogens with one attached hydrogen (secondary N) is 1. The van der Waals surface area contributed by atoms with Gasteiger partial charge in [-0.2, -0.15) is 0 Å². The Balaban J connectivity index is 2.52. The minimum absolute atomic E-state index is 0.176. The van der Waals surface area contributed by atoms with E-state index in [4.69, 9.17) is 11.6 Å². The number of benzene rings is 2. The molecule has 0 saturated heterocycles. The number of rotatable bonds is 4. The summed E-state index contributed by atoms with van der Waals surface area (Å²) in [5.74, 6) is -0.201. The highest BCUT2D eigenvalue weighted by Gasteiger charge is 2.19. The van der Waals surface area contributed by atoms with Gasteiger partial charge in [-0.25, -0.2) is 4.39 Å². The van der Waals surface area contributed by atoms with E-state index in [1.165, 1.54) is 6.07 Å². The Hall–Kier alpha value is -1.38. The maximum absolute atomic E-state index is 14.0. The van der Waals surface area contributed by atoms with Gasteiger partial charge in [-0.15, -0.1) is 0 Å². The van der Waals surface area contributed by atoms with Crippen LogP contribution in [0.25, 0.3) is 0 Å². The molecule has 0 radical (unpaired) electrons. The van der Waals surface area contributed by atoms with Crippen LogP contribution in [0.5, 0.6) is 0 Å². The summed E-state index contributed by atoms with van der Waals surface area (Å²) in [6.07, 6.45) is 0. The maximum Gasteiger partial charge on any atom is 0.128 e. The second-order valence-electron chi connectivity index (χ2n) is 4.47. The van der Waals surface area contributed by atoms with Crippen molar-refractivity contribution >= 4 is 11.6 Å². The zero-order valence-electron chi connectivity index (χ0n) is 11.1. The molecule has 2 aromatic carbocycles. The van der Waals surface area contributed by atoms with Crippen molar-refractivity contribution in [3.05, 3.63) is 70.0 Å². The summed E-state index contributed by atoms with van der Waals surface area (Å²) in [6.45, 7) is 4.72. The molecule has 3 heteroatoms. The average molecular weight is 278 g/mol. The van der Waals surface area contributed by atoms with E-state index in [-0.39, 0.29) is 11.9 Å². The third-order valence-corrected chi connectivity index (χ3v) is 3.65. The Morgan fingerprint density at radius 2 is 1.79 bits per heavy atom. The number of hydrogen-bond acceptors (Lipinski definition) is 1. The standard InChI is InChI=1S/C16H17ClFN/c1-3-19-16(13-7-4-5-10-15(13)18)12-8-6-9-14(17)11(12)2/h4-10,16,19H,3H2,1-2H3. The van der Waals surface area contributed by atoms with E-state index in [1.54, 1.807) is 6.07 Å². The quantitative estimate of drug-likeness (QED) is 0.868. The minimum atomic E-state index is -0.201. The molecule has 1 N–H and O–H groups in total. The summed E-state index contributed by atoms with van der Waals surface area (Å²) in [5, 5.41) is 4.03. The topological polar surface area (TPSA) is 12.0 Å². The molecular formula is C16H17ClFN. The lowest BCUT2D eigenvalue weighted by molar-refractivity contribution is 0.558. The molecule has 0 aliphatic rings. The first-order chi connectivity index (χ1) is 9.15. The monoisotopic (exact) mass is 277 g/mol. The van der Waals surface area contributed by atoms with Gasteiger partial charge >= 0.3 is 0 Å². The third-order valence-electron chi connectivity index (χ3n) is 3.25. The molecule has 19 heavy (non-hydrogen) atoms. The molecule has 0 bridgehead atoms. The van der Waals surface area contributed by atoms with Crippen LogP contribution in [-0.4, -0.2) is 6.54 Å². The van der Waals surface area contributed by atoms with E-state index in [9.17, 15) is 4.39 Å². The predicted octanol–water partition coefficient (Wildman–Crippen LogP) is 4.49. The molecule has 2 rings (SSSR count). The van der Waals surface area contributed by atoms with Crippen LogP contribution in [0, 0.1) is 12.7 Å². The molecule has 100 valence electrons. The minimum Gasteiger partial charge on any atom is -0.306 e. The first-order valence-corrected chi connectivity index (χ1v) is 6.75. The van der Waals surface area contributed by atoms with E-state index >= 15 is 0 Å². The summed E-state index contributed by atoms with van der Waals surface area (Å²) >= 11 is 6.16. The second-order valence-corrected chi connectivity index (χ2v) is 4.87. The zero-order valence-corrected chi connectivity index (χ0v) is 11.8. The highest BCUT2D eigenvalue weighted by molar-refractivity contribution is 6.31. The molecule has 1 atom stereocenters. The van der Waals surface area contributed by atoms with Crippen molar-refractivity contribution in [1.29, 1.82) is 0 Å². The number of halogens is 2. The maximum atomic E-state index is 14.0. The van der Waals surface area contributed by atoms with Crippen molar-refractivity contribution in [2.75, 3.05) is 6.54 Å². The Bertz CT molecular complexity index is 568. The number of hydrogen-bond donors (Lipinski definition) is 1. The summed E-state index contributed by atoms with van der Waals surface area (Å²) < 4.78 is 14.0. The van der Waals surface area contributed by atoms with Crippen LogP contribution in [0.15, 0.2) is 42.5 Å². The van der Waals surface area contributed by atoms with Gasteiger partial charge in [0, 0.05) is 10.6 Å². The summed E-state index contributed by atoms with van der Waals surface area (Å²) in [5.41, 5.74) is 2.65. The van der Waals surface area contributed by atoms with Gasteiger partial charge in [-0.1, -0.05) is 48.9 Å². The molecule has 0 fully saturated rings. The fourth-order valence-electron chi connectivity index (χ4n) is 2.24. The van der Waals surface area contributed by atoms with Crippen molar-refractivity contribution in [1.82, 2.24) is 5.32 Å². The lowest BCUT2D eigenvalue weighted by atomic mass is 9.94. The van der Waals surface area contributed by atoms with Gasteiger partial charge in [0.2, 0.25) is 0 Å². The van der Waals surface area contributed by atoms with E-state index in [1.807, 2.05) is 44.2 Å². The lowest BCUT2D eigenvalue weighted by Gasteiger charge is -2.22. The summed E-state index contributed by atoms with van der Waals surface area (Å²) in [4.78, 5) is 0. The summed E-state index contributed by atoms with van der Waals surface area (Å²) in [6, 6.07) is 12.4. The van der Waals surface area contributed by atoms with Crippen LogP contribution in [0.3, 0.4) is 0 Å². The van der Waals surface area contributed by atoms with E-state index < -0.39 is 0 Å². The van der Waals surface area contributed by atoms with Crippen molar-refractivity contribution in [2.24, 2.45) is 0 Å². The molecule has 1 nitrogen and oxygen atoms in total. The molecule has 0 heterocycles. The predicted molar refractivity (Wildman–Crippen MR) is 78.1 cm³/mol. The first kappa shape index (κ1) is 14.0. The Labute approximate surface area is 118 Å². The highest BCUT2D eigenvalue weighted by Crippen LogP contribution is 2.29. The van der Waals surface area contributed by atoms with Crippen LogP contribution >= 0.6 is 11.6 Å². The molecule has 0 saturated carbocycles. The van der Waals surface area contributed by atoms with Gasteiger partial charge in [-0.05, 0) is 36.7 Å². The third kappa shape index (κ3) is 2.96. The van der Waals surface area contributed by atoms with Gasteiger partial charge in [0.05, 0.1) is 6.04 Å². The average Bonchev–Trinajstić information content (AvgIpc) is 2.41. The van der Waals surface area contributed by atoms with Crippen LogP contribution < -0.4 is 5.32 Å². The molecule has 0 amide bonds. The van der Waals surface area contributed by atoms with Crippen molar-refractivity contribution in [2.45, 2.75) is 19.9 Å². The molecule has 0 aliphatic heterocycles. The van der Waals surface area contributed by atoms with Crippen molar-refractivity contribution in [3.63, 3.8) is 0 Å². The van der Waals surface area contributed by atoms with Crippen LogP contribution in [0.2, 0.25) is 5.02 Å². The summed E-state index contributed by atoms with van der Waals surface area (Å²) in [7, 11) is 0. The van der Waals surface area contributed by atoms with Crippen molar-refractivity contribution in [3.8, 4) is 0 Å². The molecule has 2 aromatic rings. The van der Waals surface area contributed by atoms with E-state index in [0.717, 1.165) is 17.7 Å². The molecular weight excluding hydrogens is 261 g/mol. The van der Waals surface area contributed by atoms with Gasteiger partial charge in [0.15, 0.2) is 0 Å². The van der Waals surface area contributed by atoms with E-state index in [2.05, 4.69) is 5.32 Å². The SMILES string of the molecule is CCNC(c1ccccc1F)c1cccc(Cl)c1C. The second kappa shape index (κ2) is 6.18. The molecule has 0 spiro atoms. The normalized spacial score (nSPS) is 12.4. The van der Waals surface area contributed by atoms with Gasteiger partial charge in [-0.3, -0.25) is 0 Å². The molecule has 1 unspecified atom stereocenters. The first-order valence-electron chi connectivity index (χ1n) is 6.38. The lowest BCUT2D eigenvalue weighted by Crippen LogP contribution is -2.23. The zero-order chi connectivity index (χ0) is 13.8. The van der Waals surface area contributed by atoms with Crippen LogP contribution in [0.4, 0.5) is 4.39 Å². The molecule has 0 aliphatic carbocycles. The van der Waals surface area contributed by atoms with Crippen LogP contribution in [-0.2, 0) is 0 Å². The Morgan fingerprint density at radius 3 is 2.47 bits per heavy atom. The van der Waals surface area contributed by atoms with Crippen LogP contribution in [0.1, 0.15) is 29.7 Å². The van der Waals surface area contributed by atoms with E-state index in [0.29, 0.717) is 10.6 Å². The fraction of sp³-hybridized carbons (Fsp3) is 0.250. The Kier molecular flexibility index (Phi) is 4.56. The van der Waals surface area contributed by atoms with Crippen molar-refractivity contribution < 1.29 is 4.39 Å². The molecule has 0 aromatic heterocycles. The smallest absolute Gasteiger partial charge is 0.128 e. The fourth-order valence-corrected chi connectivity index (χ4v) is 2.42. The largest absolute Gasteiger partial charge is 0.306 e. The van der Waals surface area contributed by atoms with Gasteiger partial charge in [0.1, 0.15) is 5.82 Å². The highest BCUT2D eigenvalue weighted by atomic mass is 35.5. The Morgan fingerprint density at radius 1 is 1.11 bits per heavy atom.